The second kappa shape index (κ2) is 9.42. The van der Waals surface area contributed by atoms with Crippen LogP contribution in [0.5, 0.6) is 0 Å². The Morgan fingerprint density at radius 1 is 1.09 bits per heavy atom. The van der Waals surface area contributed by atoms with E-state index in [1.165, 1.54) is 0 Å². The summed E-state index contributed by atoms with van der Waals surface area (Å²) < 4.78 is 29.5. The Labute approximate surface area is 200 Å². The molecule has 3 aromatic rings. The summed E-state index contributed by atoms with van der Waals surface area (Å²) in [7, 11) is -1.65. The molecule has 0 saturated carbocycles. The molecule has 3 heterocycles. The fourth-order valence-corrected chi connectivity index (χ4v) is 5.63. The van der Waals surface area contributed by atoms with Gasteiger partial charge in [0.05, 0.1) is 34.0 Å². The van der Waals surface area contributed by atoms with Gasteiger partial charge >= 0.3 is 0 Å². The third-order valence-corrected chi connectivity index (χ3v) is 7.97. The third-order valence-electron chi connectivity index (χ3n) is 6.08. The van der Waals surface area contributed by atoms with Crippen LogP contribution in [0.25, 0.3) is 11.0 Å². The zero-order chi connectivity index (χ0) is 24.5. The summed E-state index contributed by atoms with van der Waals surface area (Å²) in [4.78, 5) is 26.0. The van der Waals surface area contributed by atoms with Crippen molar-refractivity contribution in [2.24, 2.45) is 7.05 Å². The summed E-state index contributed by atoms with van der Waals surface area (Å²) in [6.45, 7) is 7.22. The lowest BCUT2D eigenvalue weighted by Crippen LogP contribution is -2.35. The molecule has 4 rings (SSSR count). The molecule has 34 heavy (non-hydrogen) atoms. The predicted molar refractivity (Wildman–Crippen MR) is 131 cm³/mol. The van der Waals surface area contributed by atoms with Crippen LogP contribution in [-0.2, 0) is 33.7 Å². The topological polar surface area (TPSA) is 110 Å². The van der Waals surface area contributed by atoms with E-state index in [2.05, 4.69) is 20.3 Å². The second-order valence-electron chi connectivity index (χ2n) is 9.80. The van der Waals surface area contributed by atoms with Crippen LogP contribution in [0.4, 0.5) is 5.69 Å². The number of amides is 1. The number of sulfonamides is 1. The molecular formula is C24H32N6O3S. The SMILES string of the molecule is Cn1c(CCC(=O)Nc2cnc(C(C)(C)C)nc2)nc2cc(S(=O)(=O)N3CCCCC3)ccc21. The number of fused-ring (bicyclic) bond motifs is 1. The molecule has 1 aliphatic rings. The van der Waals surface area contributed by atoms with Gasteiger partial charge in [0.25, 0.3) is 0 Å². The maximum Gasteiger partial charge on any atom is 0.243 e. The Hall–Kier alpha value is -2.85. The van der Waals surface area contributed by atoms with Crippen LogP contribution < -0.4 is 5.32 Å². The van der Waals surface area contributed by atoms with Crippen molar-refractivity contribution in [2.75, 3.05) is 18.4 Å². The van der Waals surface area contributed by atoms with Crippen LogP contribution in [0, 0.1) is 0 Å². The van der Waals surface area contributed by atoms with Crippen molar-refractivity contribution in [3.63, 3.8) is 0 Å². The van der Waals surface area contributed by atoms with Gasteiger partial charge < -0.3 is 9.88 Å². The van der Waals surface area contributed by atoms with Crippen molar-refractivity contribution in [1.29, 1.82) is 0 Å². The number of carbonyl (C=O) groups is 1. The van der Waals surface area contributed by atoms with E-state index < -0.39 is 10.0 Å². The number of carbonyl (C=O) groups excluding carboxylic acids is 1. The second-order valence-corrected chi connectivity index (χ2v) is 11.7. The lowest BCUT2D eigenvalue weighted by molar-refractivity contribution is -0.116. The minimum absolute atomic E-state index is 0.157. The number of aryl methyl sites for hydroxylation is 2. The number of piperidine rings is 1. The highest BCUT2D eigenvalue weighted by Gasteiger charge is 2.26. The molecule has 0 atom stereocenters. The summed E-state index contributed by atoms with van der Waals surface area (Å²) in [6, 6.07) is 5.07. The van der Waals surface area contributed by atoms with Gasteiger partial charge in [-0.15, -0.1) is 0 Å². The van der Waals surface area contributed by atoms with Crippen molar-refractivity contribution in [2.45, 2.75) is 63.2 Å². The number of nitrogens with zero attached hydrogens (tertiary/aromatic N) is 5. The molecular weight excluding hydrogens is 452 g/mol. The Kier molecular flexibility index (Phi) is 6.73. The molecule has 0 radical (unpaired) electrons. The first-order valence-corrected chi connectivity index (χ1v) is 13.1. The molecule has 10 heteroatoms. The van der Waals surface area contributed by atoms with Crippen LogP contribution in [0.1, 0.15) is 58.1 Å². The van der Waals surface area contributed by atoms with Gasteiger partial charge in [-0.25, -0.2) is 23.4 Å². The van der Waals surface area contributed by atoms with Gasteiger partial charge in [-0.1, -0.05) is 27.2 Å². The zero-order valence-corrected chi connectivity index (χ0v) is 21.0. The van der Waals surface area contributed by atoms with Gasteiger partial charge in [-0.3, -0.25) is 4.79 Å². The number of hydrogen-bond acceptors (Lipinski definition) is 6. The summed E-state index contributed by atoms with van der Waals surface area (Å²) in [5, 5.41) is 2.82. The molecule has 0 spiro atoms. The molecule has 2 aromatic heterocycles. The van der Waals surface area contributed by atoms with E-state index in [4.69, 9.17) is 0 Å². The third kappa shape index (κ3) is 5.12. The number of rotatable bonds is 6. The van der Waals surface area contributed by atoms with Gasteiger partial charge in [0.1, 0.15) is 11.6 Å². The lowest BCUT2D eigenvalue weighted by Gasteiger charge is -2.25. The average molecular weight is 485 g/mol. The smallest absolute Gasteiger partial charge is 0.243 e. The van der Waals surface area contributed by atoms with Crippen LogP contribution in [-0.4, -0.2) is 51.2 Å². The maximum absolute atomic E-state index is 13.0. The fraction of sp³-hybridized carbons (Fsp3) is 0.500. The zero-order valence-electron chi connectivity index (χ0n) is 20.2. The van der Waals surface area contributed by atoms with E-state index in [-0.39, 0.29) is 22.6 Å². The first kappa shape index (κ1) is 24.3. The van der Waals surface area contributed by atoms with E-state index in [0.717, 1.165) is 30.6 Å². The standard InChI is InChI=1S/C24H32N6O3S/c1-24(2,3)23-25-15-17(16-26-23)27-22(31)11-10-21-28-19-14-18(8-9-20(19)29(21)4)34(32,33)30-12-6-5-7-13-30/h8-9,14-16H,5-7,10-13H2,1-4H3,(H,27,31). The molecule has 0 aliphatic carbocycles. The molecule has 1 N–H and O–H groups in total. The fourth-order valence-electron chi connectivity index (χ4n) is 4.10. The predicted octanol–water partition coefficient (Wildman–Crippen LogP) is 3.41. The van der Waals surface area contributed by atoms with Crippen LogP contribution in [0.3, 0.4) is 0 Å². The molecule has 1 aromatic carbocycles. The van der Waals surface area contributed by atoms with Crippen molar-refractivity contribution in [3.05, 3.63) is 42.2 Å². The van der Waals surface area contributed by atoms with E-state index >= 15 is 0 Å². The minimum atomic E-state index is -3.52. The molecule has 1 amide bonds. The van der Waals surface area contributed by atoms with Gasteiger partial charge in [-0.05, 0) is 31.0 Å². The highest BCUT2D eigenvalue weighted by molar-refractivity contribution is 7.89. The lowest BCUT2D eigenvalue weighted by atomic mass is 9.96. The highest BCUT2D eigenvalue weighted by atomic mass is 32.2. The monoisotopic (exact) mass is 484 g/mol. The number of anilines is 1. The van der Waals surface area contributed by atoms with Crippen LogP contribution in [0.2, 0.25) is 0 Å². The Morgan fingerprint density at radius 3 is 2.41 bits per heavy atom. The molecule has 0 bridgehead atoms. The minimum Gasteiger partial charge on any atom is -0.331 e. The molecule has 1 fully saturated rings. The number of benzene rings is 1. The van der Waals surface area contributed by atoms with Crippen LogP contribution in [0.15, 0.2) is 35.5 Å². The highest BCUT2D eigenvalue weighted by Crippen LogP contribution is 2.25. The Morgan fingerprint density at radius 2 is 1.76 bits per heavy atom. The summed E-state index contributed by atoms with van der Waals surface area (Å²) in [6.07, 6.45) is 6.74. The van der Waals surface area contributed by atoms with Crippen molar-refractivity contribution >= 4 is 32.7 Å². The molecule has 182 valence electrons. The van der Waals surface area contributed by atoms with Crippen molar-refractivity contribution < 1.29 is 13.2 Å². The van der Waals surface area contributed by atoms with Crippen LogP contribution >= 0.6 is 0 Å². The number of hydrogen-bond donors (Lipinski definition) is 1. The number of nitrogens with one attached hydrogen (secondary N) is 1. The summed E-state index contributed by atoms with van der Waals surface area (Å²) in [5.41, 5.74) is 1.84. The molecule has 0 unspecified atom stereocenters. The van der Waals surface area contributed by atoms with Gasteiger partial charge in [0.15, 0.2) is 0 Å². The van der Waals surface area contributed by atoms with Gasteiger partial charge in [-0.2, -0.15) is 4.31 Å². The number of aromatic nitrogens is 4. The van der Waals surface area contributed by atoms with Crippen molar-refractivity contribution in [1.82, 2.24) is 23.8 Å². The first-order valence-electron chi connectivity index (χ1n) is 11.6. The molecule has 1 aliphatic heterocycles. The normalized spacial score (nSPS) is 15.5. The van der Waals surface area contributed by atoms with E-state index in [1.807, 2.05) is 32.4 Å². The van der Waals surface area contributed by atoms with Gasteiger partial charge in [0, 0.05) is 38.4 Å². The van der Waals surface area contributed by atoms with E-state index in [1.54, 1.807) is 34.9 Å². The molecule has 9 nitrogen and oxygen atoms in total. The molecule has 1 saturated heterocycles. The summed E-state index contributed by atoms with van der Waals surface area (Å²) >= 11 is 0. The van der Waals surface area contributed by atoms with Gasteiger partial charge in [0.2, 0.25) is 15.9 Å². The van der Waals surface area contributed by atoms with E-state index in [0.29, 0.717) is 36.5 Å². The Balaban J connectivity index is 1.44. The quantitative estimate of drug-likeness (QED) is 0.574. The maximum atomic E-state index is 13.0. The summed E-state index contributed by atoms with van der Waals surface area (Å²) in [5.74, 6) is 1.27. The average Bonchev–Trinajstić information content (AvgIpc) is 3.13. The van der Waals surface area contributed by atoms with Crippen molar-refractivity contribution in [3.8, 4) is 0 Å². The number of imidazole rings is 1. The largest absolute Gasteiger partial charge is 0.331 e. The first-order chi connectivity index (χ1) is 16.1. The van der Waals surface area contributed by atoms with E-state index in [9.17, 15) is 13.2 Å². The Bertz CT molecular complexity index is 1290.